The predicted octanol–water partition coefficient (Wildman–Crippen LogP) is 1.37. The topological polar surface area (TPSA) is 100 Å². The summed E-state index contributed by atoms with van der Waals surface area (Å²) in [6.07, 6.45) is 1.64. The summed E-state index contributed by atoms with van der Waals surface area (Å²) in [7, 11) is 1.72. The number of nitrogens with zero attached hydrogens (tertiary/aromatic N) is 1. The number of esters is 1. The van der Waals surface area contributed by atoms with E-state index >= 15 is 0 Å². The summed E-state index contributed by atoms with van der Waals surface area (Å²) in [5.74, 6) is -0.937. The van der Waals surface area contributed by atoms with Gasteiger partial charge in [0, 0.05) is 18.8 Å². The van der Waals surface area contributed by atoms with Gasteiger partial charge in [0.25, 0.3) is 0 Å². The minimum Gasteiger partial charge on any atom is -0.456 e. The Morgan fingerprint density at radius 1 is 1.29 bits per heavy atom. The first-order valence-corrected chi connectivity index (χ1v) is 6.37. The van der Waals surface area contributed by atoms with Gasteiger partial charge in [-0.25, -0.2) is 4.79 Å². The molecule has 0 spiro atoms. The molecule has 0 fully saturated rings. The zero-order valence-corrected chi connectivity index (χ0v) is 11.9. The number of carbonyl (C=O) groups is 2. The van der Waals surface area contributed by atoms with E-state index in [1.54, 1.807) is 42.1 Å². The molecule has 6 heteroatoms. The van der Waals surface area contributed by atoms with Crippen LogP contribution in [0, 0.1) is 6.92 Å². The van der Waals surface area contributed by atoms with Gasteiger partial charge in [0.15, 0.2) is 0 Å². The Morgan fingerprint density at radius 3 is 2.52 bits per heavy atom. The maximum Gasteiger partial charge on any atom is 0.355 e. The van der Waals surface area contributed by atoms with E-state index in [9.17, 15) is 9.59 Å². The van der Waals surface area contributed by atoms with Crippen molar-refractivity contribution in [1.29, 1.82) is 0 Å². The molecule has 0 radical (unpaired) electrons. The Kier molecular flexibility index (Phi) is 3.98. The van der Waals surface area contributed by atoms with Crippen LogP contribution in [0.25, 0.3) is 0 Å². The van der Waals surface area contributed by atoms with Crippen LogP contribution in [0.15, 0.2) is 30.5 Å². The molecule has 4 N–H and O–H groups in total. The lowest BCUT2D eigenvalue weighted by Crippen LogP contribution is -2.12. The fraction of sp³-hybridized carbons (Fsp3) is 0.200. The maximum absolute atomic E-state index is 12.0. The first-order valence-electron chi connectivity index (χ1n) is 6.37. The smallest absolute Gasteiger partial charge is 0.355 e. The Bertz CT molecular complexity index is 704. The van der Waals surface area contributed by atoms with E-state index < -0.39 is 11.9 Å². The highest BCUT2D eigenvalue weighted by atomic mass is 16.5. The number of aromatic nitrogens is 1. The molecule has 6 nitrogen and oxygen atoms in total. The van der Waals surface area contributed by atoms with Crippen LogP contribution in [0.1, 0.15) is 32.0 Å². The average Bonchev–Trinajstić information content (AvgIpc) is 2.75. The molecule has 0 saturated carbocycles. The van der Waals surface area contributed by atoms with Crippen LogP contribution in [-0.4, -0.2) is 16.4 Å². The molecule has 0 atom stereocenters. The highest BCUT2D eigenvalue weighted by Gasteiger charge is 2.13. The molecule has 0 aliphatic carbocycles. The van der Waals surface area contributed by atoms with Gasteiger partial charge in [-0.2, -0.15) is 0 Å². The van der Waals surface area contributed by atoms with Crippen LogP contribution < -0.4 is 11.5 Å². The zero-order valence-electron chi connectivity index (χ0n) is 11.9. The van der Waals surface area contributed by atoms with E-state index in [1.807, 2.05) is 6.92 Å². The van der Waals surface area contributed by atoms with Crippen molar-refractivity contribution in [2.24, 2.45) is 12.8 Å². The summed E-state index contributed by atoms with van der Waals surface area (Å²) >= 11 is 0. The number of anilines is 1. The summed E-state index contributed by atoms with van der Waals surface area (Å²) < 4.78 is 6.87. The standard InChI is InChI=1S/C15H17N3O3/c1-9-5-10(14(17)19)3-4-11(9)8-21-15(20)13-6-12(16)7-18(13)2/h3-7H,8,16H2,1-2H3,(H2,17,19). The molecule has 1 aromatic carbocycles. The number of nitrogen functional groups attached to an aromatic ring is 1. The molecule has 0 aliphatic rings. The number of amides is 1. The van der Waals surface area contributed by atoms with Crippen molar-refractivity contribution in [3.8, 4) is 0 Å². The van der Waals surface area contributed by atoms with Gasteiger partial charge in [0.2, 0.25) is 5.91 Å². The second-order valence-corrected chi connectivity index (χ2v) is 4.85. The number of rotatable bonds is 4. The summed E-state index contributed by atoms with van der Waals surface area (Å²) in [6.45, 7) is 1.95. The number of nitrogens with two attached hydrogens (primary N) is 2. The third-order valence-electron chi connectivity index (χ3n) is 3.22. The largest absolute Gasteiger partial charge is 0.456 e. The molecule has 21 heavy (non-hydrogen) atoms. The Morgan fingerprint density at radius 2 is 2.00 bits per heavy atom. The van der Waals surface area contributed by atoms with Crippen LogP contribution in [0.5, 0.6) is 0 Å². The number of primary amides is 1. The Labute approximate surface area is 122 Å². The Hall–Kier alpha value is -2.76. The number of benzene rings is 1. The van der Waals surface area contributed by atoms with Crippen LogP contribution in [0.3, 0.4) is 0 Å². The van der Waals surface area contributed by atoms with Gasteiger partial charge in [-0.1, -0.05) is 6.07 Å². The van der Waals surface area contributed by atoms with E-state index in [2.05, 4.69) is 0 Å². The van der Waals surface area contributed by atoms with Crippen LogP contribution in [0.4, 0.5) is 5.69 Å². The van der Waals surface area contributed by atoms with Crippen molar-refractivity contribution in [3.63, 3.8) is 0 Å². The highest BCUT2D eigenvalue weighted by molar-refractivity contribution is 5.93. The molecule has 1 heterocycles. The third-order valence-corrected chi connectivity index (χ3v) is 3.22. The highest BCUT2D eigenvalue weighted by Crippen LogP contribution is 2.15. The second-order valence-electron chi connectivity index (χ2n) is 4.85. The van der Waals surface area contributed by atoms with Crippen molar-refractivity contribution < 1.29 is 14.3 Å². The molecular weight excluding hydrogens is 270 g/mol. The van der Waals surface area contributed by atoms with E-state index in [1.165, 1.54) is 0 Å². The normalized spacial score (nSPS) is 10.4. The van der Waals surface area contributed by atoms with Gasteiger partial charge in [-0.3, -0.25) is 4.79 Å². The van der Waals surface area contributed by atoms with Crippen molar-refractivity contribution in [2.75, 3.05) is 5.73 Å². The van der Waals surface area contributed by atoms with Crippen molar-refractivity contribution >= 4 is 17.6 Å². The van der Waals surface area contributed by atoms with Gasteiger partial charge >= 0.3 is 5.97 Å². The number of aryl methyl sites for hydroxylation is 2. The lowest BCUT2D eigenvalue weighted by Gasteiger charge is -2.09. The molecule has 0 unspecified atom stereocenters. The van der Waals surface area contributed by atoms with Gasteiger partial charge in [-0.15, -0.1) is 0 Å². The fourth-order valence-corrected chi connectivity index (χ4v) is 2.02. The number of carbonyl (C=O) groups excluding carboxylic acids is 2. The first kappa shape index (κ1) is 14.6. The minimum absolute atomic E-state index is 0.120. The van der Waals surface area contributed by atoms with E-state index in [0.29, 0.717) is 16.9 Å². The first-order chi connectivity index (χ1) is 9.88. The quantitative estimate of drug-likeness (QED) is 0.829. The molecular formula is C15H17N3O3. The van der Waals surface area contributed by atoms with Gasteiger partial charge in [0.05, 0.1) is 5.69 Å². The molecule has 0 bridgehead atoms. The summed E-state index contributed by atoms with van der Waals surface area (Å²) in [5, 5.41) is 0. The van der Waals surface area contributed by atoms with Crippen LogP contribution >= 0.6 is 0 Å². The van der Waals surface area contributed by atoms with Gasteiger partial charge in [-0.05, 0) is 36.2 Å². The van der Waals surface area contributed by atoms with Crippen LogP contribution in [-0.2, 0) is 18.4 Å². The van der Waals surface area contributed by atoms with Crippen molar-refractivity contribution in [1.82, 2.24) is 4.57 Å². The predicted molar refractivity (Wildman–Crippen MR) is 78.6 cm³/mol. The van der Waals surface area contributed by atoms with Crippen LogP contribution in [0.2, 0.25) is 0 Å². The molecule has 1 amide bonds. The summed E-state index contributed by atoms with van der Waals surface area (Å²) in [5.41, 5.74) is 13.8. The van der Waals surface area contributed by atoms with E-state index in [-0.39, 0.29) is 6.61 Å². The average molecular weight is 287 g/mol. The monoisotopic (exact) mass is 287 g/mol. The molecule has 0 saturated heterocycles. The third kappa shape index (κ3) is 3.22. The van der Waals surface area contributed by atoms with Gasteiger partial charge in [0.1, 0.15) is 12.3 Å². The summed E-state index contributed by atoms with van der Waals surface area (Å²) in [6, 6.07) is 6.57. The number of ether oxygens (including phenoxy) is 1. The molecule has 2 rings (SSSR count). The van der Waals surface area contributed by atoms with Crippen molar-refractivity contribution in [3.05, 3.63) is 52.8 Å². The minimum atomic E-state index is -0.485. The summed E-state index contributed by atoms with van der Waals surface area (Å²) in [4.78, 5) is 23.0. The fourth-order valence-electron chi connectivity index (χ4n) is 2.02. The van der Waals surface area contributed by atoms with Crippen molar-refractivity contribution in [2.45, 2.75) is 13.5 Å². The molecule has 0 aliphatic heterocycles. The lowest BCUT2D eigenvalue weighted by molar-refractivity contribution is 0.0460. The van der Waals surface area contributed by atoms with Gasteiger partial charge < -0.3 is 20.8 Å². The maximum atomic E-state index is 12.0. The SMILES string of the molecule is Cc1cc(C(N)=O)ccc1COC(=O)c1cc(N)cn1C. The number of hydrogen-bond donors (Lipinski definition) is 2. The Balaban J connectivity index is 2.08. The van der Waals surface area contributed by atoms with E-state index in [0.717, 1.165) is 11.1 Å². The number of hydrogen-bond acceptors (Lipinski definition) is 4. The molecule has 110 valence electrons. The second kappa shape index (κ2) is 5.70. The molecule has 2 aromatic rings. The zero-order chi connectivity index (χ0) is 15.6. The van der Waals surface area contributed by atoms with E-state index in [4.69, 9.17) is 16.2 Å². The lowest BCUT2D eigenvalue weighted by atomic mass is 10.1. The molecule has 1 aromatic heterocycles.